The predicted molar refractivity (Wildman–Crippen MR) is 69.1 cm³/mol. The van der Waals surface area contributed by atoms with Crippen LogP contribution in [0.4, 0.5) is 0 Å². The van der Waals surface area contributed by atoms with Gasteiger partial charge >= 0.3 is 0 Å². The number of nitrogens with zero attached hydrogens (tertiary/aromatic N) is 1. The van der Waals surface area contributed by atoms with Crippen molar-refractivity contribution in [3.63, 3.8) is 0 Å². The molecule has 3 heteroatoms. The van der Waals surface area contributed by atoms with Crippen LogP contribution in [0.15, 0.2) is 24.3 Å². The topological polar surface area (TPSA) is 37.2 Å². The fourth-order valence-corrected chi connectivity index (χ4v) is 2.36. The van der Waals surface area contributed by atoms with E-state index in [1.54, 1.807) is 6.07 Å². The predicted octanol–water partition coefficient (Wildman–Crippen LogP) is 2.62. The van der Waals surface area contributed by atoms with Crippen LogP contribution in [0.2, 0.25) is 0 Å². The molecular weight excluding hydrogens is 212 g/mol. The molecule has 1 saturated carbocycles. The van der Waals surface area contributed by atoms with Crippen LogP contribution >= 0.6 is 0 Å². The van der Waals surface area contributed by atoms with Gasteiger partial charge in [-0.15, -0.1) is 0 Å². The van der Waals surface area contributed by atoms with Gasteiger partial charge in [0.05, 0.1) is 5.52 Å². The number of fused-ring (bicyclic) bond motifs is 1. The summed E-state index contributed by atoms with van der Waals surface area (Å²) in [7, 11) is 0. The number of hydrogen-bond acceptors (Lipinski definition) is 2. The molecule has 0 radical (unpaired) electrons. The van der Waals surface area contributed by atoms with E-state index in [9.17, 15) is 5.11 Å². The third-order valence-corrected chi connectivity index (χ3v) is 3.44. The van der Waals surface area contributed by atoms with Gasteiger partial charge in [-0.1, -0.05) is 0 Å². The van der Waals surface area contributed by atoms with Crippen LogP contribution in [-0.4, -0.2) is 15.7 Å². The highest BCUT2D eigenvalue weighted by Crippen LogP contribution is 2.25. The molecule has 3 nitrogen and oxygen atoms in total. The number of rotatable bonds is 4. The molecular formula is C14H18N2O. The lowest BCUT2D eigenvalue weighted by atomic mass is 10.2. The Labute approximate surface area is 101 Å². The van der Waals surface area contributed by atoms with E-state index in [4.69, 9.17) is 0 Å². The van der Waals surface area contributed by atoms with E-state index in [1.165, 1.54) is 23.9 Å². The molecule has 0 aliphatic heterocycles. The molecule has 1 aliphatic carbocycles. The van der Waals surface area contributed by atoms with Gasteiger partial charge in [0, 0.05) is 36.3 Å². The van der Waals surface area contributed by atoms with Crippen LogP contribution < -0.4 is 5.32 Å². The lowest BCUT2D eigenvalue weighted by Gasteiger charge is -2.08. The minimum atomic E-state index is 0.340. The standard InChI is InChI=1S/C14H18N2O/c1-2-16-12(9-15-11-4-5-11)7-10-3-6-13(17)8-14(10)16/h3,6-8,11,15,17H,2,4-5,9H2,1H3. The molecule has 17 heavy (non-hydrogen) atoms. The summed E-state index contributed by atoms with van der Waals surface area (Å²) in [6.07, 6.45) is 2.63. The van der Waals surface area contributed by atoms with E-state index >= 15 is 0 Å². The van der Waals surface area contributed by atoms with Gasteiger partial charge in [-0.3, -0.25) is 0 Å². The van der Waals surface area contributed by atoms with Gasteiger partial charge in [0.1, 0.15) is 5.75 Å². The first-order valence-electron chi connectivity index (χ1n) is 6.32. The molecule has 1 aliphatic rings. The second kappa shape index (κ2) is 4.08. The average molecular weight is 230 g/mol. The normalized spacial score (nSPS) is 15.6. The monoisotopic (exact) mass is 230 g/mol. The largest absolute Gasteiger partial charge is 0.508 e. The summed E-state index contributed by atoms with van der Waals surface area (Å²) in [4.78, 5) is 0. The first kappa shape index (κ1) is 10.7. The first-order valence-corrected chi connectivity index (χ1v) is 6.32. The number of benzene rings is 1. The van der Waals surface area contributed by atoms with Gasteiger partial charge in [0.15, 0.2) is 0 Å². The molecule has 0 bridgehead atoms. The first-order chi connectivity index (χ1) is 8.28. The van der Waals surface area contributed by atoms with Crippen LogP contribution in [-0.2, 0) is 13.1 Å². The van der Waals surface area contributed by atoms with E-state index in [1.807, 2.05) is 12.1 Å². The Bertz CT molecular complexity index is 540. The molecule has 0 atom stereocenters. The third kappa shape index (κ3) is 2.03. The van der Waals surface area contributed by atoms with E-state index < -0.39 is 0 Å². The van der Waals surface area contributed by atoms with Gasteiger partial charge in [-0.25, -0.2) is 0 Å². The van der Waals surface area contributed by atoms with E-state index in [2.05, 4.69) is 22.9 Å². The molecule has 1 heterocycles. The molecule has 1 aromatic heterocycles. The number of aryl methyl sites for hydroxylation is 1. The minimum Gasteiger partial charge on any atom is -0.508 e. The second-order valence-electron chi connectivity index (χ2n) is 4.78. The highest BCUT2D eigenvalue weighted by atomic mass is 16.3. The quantitative estimate of drug-likeness (QED) is 0.847. The highest BCUT2D eigenvalue weighted by molar-refractivity contribution is 5.82. The zero-order chi connectivity index (χ0) is 11.8. The lowest BCUT2D eigenvalue weighted by Crippen LogP contribution is -2.17. The number of phenolic OH excluding ortho intramolecular Hbond substituents is 1. The summed E-state index contributed by atoms with van der Waals surface area (Å²) in [5.41, 5.74) is 2.43. The molecule has 1 fully saturated rings. The smallest absolute Gasteiger partial charge is 0.117 e. The van der Waals surface area contributed by atoms with Crippen molar-refractivity contribution in [2.24, 2.45) is 0 Å². The fourth-order valence-electron chi connectivity index (χ4n) is 2.36. The molecule has 2 N–H and O–H groups in total. The summed E-state index contributed by atoms with van der Waals surface area (Å²) >= 11 is 0. The molecule has 1 aromatic carbocycles. The number of aromatic nitrogens is 1. The van der Waals surface area contributed by atoms with Gasteiger partial charge in [0.25, 0.3) is 0 Å². The van der Waals surface area contributed by atoms with Crippen molar-refractivity contribution >= 4 is 10.9 Å². The Morgan fingerprint density at radius 1 is 1.35 bits per heavy atom. The van der Waals surface area contributed by atoms with Crippen molar-refractivity contribution in [1.82, 2.24) is 9.88 Å². The van der Waals surface area contributed by atoms with Gasteiger partial charge in [0.2, 0.25) is 0 Å². The zero-order valence-electron chi connectivity index (χ0n) is 10.1. The number of aromatic hydroxyl groups is 1. The van der Waals surface area contributed by atoms with Crippen LogP contribution in [0.5, 0.6) is 5.75 Å². The maximum atomic E-state index is 9.56. The van der Waals surface area contributed by atoms with Crippen molar-refractivity contribution in [2.75, 3.05) is 0 Å². The third-order valence-electron chi connectivity index (χ3n) is 3.44. The van der Waals surface area contributed by atoms with Crippen LogP contribution in [0.1, 0.15) is 25.5 Å². The number of phenols is 1. The summed E-state index contributed by atoms with van der Waals surface area (Å²) in [6, 6.07) is 8.53. The van der Waals surface area contributed by atoms with E-state index in [-0.39, 0.29) is 0 Å². The highest BCUT2D eigenvalue weighted by Gasteiger charge is 2.20. The average Bonchev–Trinajstić information content (AvgIpc) is 3.08. The summed E-state index contributed by atoms with van der Waals surface area (Å²) < 4.78 is 2.27. The summed E-state index contributed by atoms with van der Waals surface area (Å²) in [5.74, 6) is 0.340. The van der Waals surface area contributed by atoms with Gasteiger partial charge in [-0.2, -0.15) is 0 Å². The Morgan fingerprint density at radius 2 is 2.18 bits per heavy atom. The van der Waals surface area contributed by atoms with Gasteiger partial charge in [-0.05, 0) is 38.0 Å². The summed E-state index contributed by atoms with van der Waals surface area (Å²) in [5, 5.41) is 14.3. The van der Waals surface area contributed by atoms with E-state index in [0.717, 1.165) is 24.6 Å². The van der Waals surface area contributed by atoms with Crippen molar-refractivity contribution in [2.45, 2.75) is 38.9 Å². The maximum Gasteiger partial charge on any atom is 0.117 e. The SMILES string of the molecule is CCn1c(CNC2CC2)cc2ccc(O)cc21. The molecule has 0 amide bonds. The Balaban J connectivity index is 1.97. The van der Waals surface area contributed by atoms with Crippen molar-refractivity contribution in [3.8, 4) is 5.75 Å². The number of nitrogens with one attached hydrogen (secondary N) is 1. The van der Waals surface area contributed by atoms with Crippen LogP contribution in [0, 0.1) is 0 Å². The number of hydrogen-bond donors (Lipinski definition) is 2. The molecule has 0 saturated heterocycles. The van der Waals surface area contributed by atoms with Crippen LogP contribution in [0.25, 0.3) is 10.9 Å². The second-order valence-corrected chi connectivity index (χ2v) is 4.78. The van der Waals surface area contributed by atoms with Crippen molar-refractivity contribution in [3.05, 3.63) is 30.0 Å². The molecule has 0 spiro atoms. The fraction of sp³-hybridized carbons (Fsp3) is 0.429. The zero-order valence-corrected chi connectivity index (χ0v) is 10.1. The minimum absolute atomic E-state index is 0.340. The Morgan fingerprint density at radius 3 is 2.88 bits per heavy atom. The lowest BCUT2D eigenvalue weighted by molar-refractivity contribution is 0.476. The van der Waals surface area contributed by atoms with Crippen LogP contribution in [0.3, 0.4) is 0 Å². The van der Waals surface area contributed by atoms with Crippen molar-refractivity contribution in [1.29, 1.82) is 0 Å². The molecule has 2 aromatic rings. The Kier molecular flexibility index (Phi) is 2.56. The maximum absolute atomic E-state index is 9.56. The summed E-state index contributed by atoms with van der Waals surface area (Å²) in [6.45, 7) is 4.01. The molecule has 90 valence electrons. The van der Waals surface area contributed by atoms with E-state index in [0.29, 0.717) is 5.75 Å². The Hall–Kier alpha value is -1.48. The molecule has 3 rings (SSSR count). The molecule has 0 unspecified atom stereocenters. The van der Waals surface area contributed by atoms with Crippen molar-refractivity contribution < 1.29 is 5.11 Å². The van der Waals surface area contributed by atoms with Gasteiger partial charge < -0.3 is 15.0 Å².